The monoisotopic (exact) mass is 298 g/mol. The maximum absolute atomic E-state index is 11.2. The Balaban J connectivity index is 1.82. The highest BCUT2D eigenvalue weighted by molar-refractivity contribution is 7.98. The number of carbonyl (C=O) groups excluding carboxylic acids is 1. The first kappa shape index (κ1) is 13.3. The van der Waals surface area contributed by atoms with Gasteiger partial charge in [-0.1, -0.05) is 0 Å². The van der Waals surface area contributed by atoms with E-state index in [-0.39, 0.29) is 12.2 Å². The predicted molar refractivity (Wildman–Crippen MR) is 75.3 cm³/mol. The Hall–Kier alpha value is -0.710. The zero-order valence-corrected chi connectivity index (χ0v) is 12.2. The molecule has 0 amide bonds. The van der Waals surface area contributed by atoms with Gasteiger partial charge in [-0.3, -0.25) is 4.79 Å². The fourth-order valence-electron chi connectivity index (χ4n) is 2.77. The molecule has 0 N–H and O–H groups in total. The number of benzene rings is 1. The third-order valence-corrected chi connectivity index (χ3v) is 4.71. The SMILES string of the molecule is CSc1ccc(C(=O)Cl)cc1OC1CC2CCC1O2. The molecule has 0 aromatic heterocycles. The van der Waals surface area contributed by atoms with Gasteiger partial charge in [0.15, 0.2) is 0 Å². The Morgan fingerprint density at radius 3 is 2.89 bits per heavy atom. The second-order valence-electron chi connectivity index (χ2n) is 4.91. The second-order valence-corrected chi connectivity index (χ2v) is 6.10. The van der Waals surface area contributed by atoms with Crippen LogP contribution in [-0.2, 0) is 4.74 Å². The smallest absolute Gasteiger partial charge is 0.252 e. The van der Waals surface area contributed by atoms with E-state index in [2.05, 4.69) is 0 Å². The van der Waals surface area contributed by atoms with Gasteiger partial charge in [0.1, 0.15) is 11.9 Å². The normalized spacial score (nSPS) is 28.6. The number of halogens is 1. The fraction of sp³-hybridized carbons (Fsp3) is 0.500. The van der Waals surface area contributed by atoms with Gasteiger partial charge in [0.2, 0.25) is 0 Å². The molecule has 3 nitrogen and oxygen atoms in total. The summed E-state index contributed by atoms with van der Waals surface area (Å²) >= 11 is 7.12. The highest BCUT2D eigenvalue weighted by atomic mass is 35.5. The molecule has 3 rings (SSSR count). The van der Waals surface area contributed by atoms with Crippen LogP contribution in [0.2, 0.25) is 0 Å². The summed E-state index contributed by atoms with van der Waals surface area (Å²) in [6.07, 6.45) is 5.79. The molecule has 2 heterocycles. The topological polar surface area (TPSA) is 35.5 Å². The van der Waals surface area contributed by atoms with Crippen LogP contribution in [0.4, 0.5) is 0 Å². The average molecular weight is 299 g/mol. The minimum absolute atomic E-state index is 0.102. The summed E-state index contributed by atoms with van der Waals surface area (Å²) in [6.45, 7) is 0. The predicted octanol–water partition coefficient (Wildman–Crippen LogP) is 3.49. The van der Waals surface area contributed by atoms with Crippen molar-refractivity contribution in [2.24, 2.45) is 0 Å². The Kier molecular flexibility index (Phi) is 3.74. The molecule has 2 aliphatic heterocycles. The van der Waals surface area contributed by atoms with E-state index in [9.17, 15) is 4.79 Å². The third-order valence-electron chi connectivity index (χ3n) is 3.72. The van der Waals surface area contributed by atoms with Crippen molar-refractivity contribution >= 4 is 28.6 Å². The zero-order valence-electron chi connectivity index (χ0n) is 10.6. The van der Waals surface area contributed by atoms with Crippen molar-refractivity contribution in [3.05, 3.63) is 23.8 Å². The van der Waals surface area contributed by atoms with Crippen LogP contribution in [0.15, 0.2) is 23.1 Å². The molecular formula is C14H15ClO3S. The molecule has 2 aliphatic rings. The maximum Gasteiger partial charge on any atom is 0.252 e. The lowest BCUT2D eigenvalue weighted by atomic mass is 9.98. The van der Waals surface area contributed by atoms with Crippen LogP contribution < -0.4 is 4.74 Å². The van der Waals surface area contributed by atoms with Gasteiger partial charge in [0.25, 0.3) is 5.24 Å². The van der Waals surface area contributed by atoms with E-state index in [0.29, 0.717) is 11.7 Å². The number of carbonyl (C=O) groups is 1. The molecule has 2 saturated heterocycles. The first-order valence-corrected chi connectivity index (χ1v) is 7.97. The van der Waals surface area contributed by atoms with Gasteiger partial charge in [-0.05, 0) is 48.9 Å². The van der Waals surface area contributed by atoms with Crippen LogP contribution in [-0.4, -0.2) is 29.8 Å². The number of hydrogen-bond donors (Lipinski definition) is 0. The maximum atomic E-state index is 11.2. The summed E-state index contributed by atoms with van der Waals surface area (Å²) < 4.78 is 11.8. The van der Waals surface area contributed by atoms with Crippen molar-refractivity contribution in [3.8, 4) is 5.75 Å². The van der Waals surface area contributed by atoms with Crippen LogP contribution >= 0.6 is 23.4 Å². The van der Waals surface area contributed by atoms with E-state index in [0.717, 1.165) is 29.9 Å². The number of rotatable bonds is 4. The minimum atomic E-state index is -0.457. The van der Waals surface area contributed by atoms with Gasteiger partial charge in [-0.2, -0.15) is 0 Å². The molecule has 2 fully saturated rings. The van der Waals surface area contributed by atoms with Crippen molar-refractivity contribution in [1.82, 2.24) is 0 Å². The van der Waals surface area contributed by atoms with Crippen molar-refractivity contribution < 1.29 is 14.3 Å². The molecule has 0 saturated carbocycles. The van der Waals surface area contributed by atoms with E-state index >= 15 is 0 Å². The highest BCUT2D eigenvalue weighted by Gasteiger charge is 2.42. The standard InChI is InChI=1S/C14H15ClO3S/c1-19-13-5-2-8(14(15)16)6-12(13)18-11-7-9-3-4-10(11)17-9/h2,5-6,9-11H,3-4,7H2,1H3. The van der Waals surface area contributed by atoms with Crippen molar-refractivity contribution in [3.63, 3.8) is 0 Å². The molecule has 2 bridgehead atoms. The third kappa shape index (κ3) is 2.62. The minimum Gasteiger partial charge on any atom is -0.486 e. The van der Waals surface area contributed by atoms with Gasteiger partial charge in [0, 0.05) is 16.9 Å². The van der Waals surface area contributed by atoms with Gasteiger partial charge >= 0.3 is 0 Å². The van der Waals surface area contributed by atoms with E-state index < -0.39 is 5.24 Å². The number of hydrogen-bond acceptors (Lipinski definition) is 4. The van der Waals surface area contributed by atoms with Crippen LogP contribution in [0.3, 0.4) is 0 Å². The summed E-state index contributed by atoms with van der Waals surface area (Å²) in [5, 5.41) is -0.457. The van der Waals surface area contributed by atoms with Gasteiger partial charge in [-0.25, -0.2) is 0 Å². The lowest BCUT2D eigenvalue weighted by molar-refractivity contribution is 0.0629. The lowest BCUT2D eigenvalue weighted by Gasteiger charge is -2.22. The van der Waals surface area contributed by atoms with Gasteiger partial charge < -0.3 is 9.47 Å². The molecule has 1 aromatic carbocycles. The van der Waals surface area contributed by atoms with Crippen LogP contribution in [0.1, 0.15) is 29.6 Å². The Morgan fingerprint density at radius 2 is 2.32 bits per heavy atom. The summed E-state index contributed by atoms with van der Waals surface area (Å²) in [5.41, 5.74) is 0.471. The average Bonchev–Trinajstić information content (AvgIpc) is 3.01. The molecule has 3 unspecified atom stereocenters. The molecule has 102 valence electrons. The molecule has 1 aromatic rings. The van der Waals surface area contributed by atoms with Crippen molar-refractivity contribution in [1.29, 1.82) is 0 Å². The molecule has 0 aliphatic carbocycles. The van der Waals surface area contributed by atoms with Crippen LogP contribution in [0.5, 0.6) is 5.75 Å². The number of ether oxygens (including phenoxy) is 2. The molecule has 0 spiro atoms. The lowest BCUT2D eigenvalue weighted by Crippen LogP contribution is -2.28. The zero-order chi connectivity index (χ0) is 13.4. The molecule has 19 heavy (non-hydrogen) atoms. The Morgan fingerprint density at radius 1 is 1.47 bits per heavy atom. The van der Waals surface area contributed by atoms with E-state index in [1.165, 1.54) is 0 Å². The Bertz CT molecular complexity index is 505. The summed E-state index contributed by atoms with van der Waals surface area (Å²) in [6, 6.07) is 5.34. The van der Waals surface area contributed by atoms with Gasteiger partial charge in [0.05, 0.1) is 12.2 Å². The molecular weight excluding hydrogens is 284 g/mol. The summed E-state index contributed by atoms with van der Waals surface area (Å²) in [7, 11) is 0. The number of fused-ring (bicyclic) bond motifs is 2. The van der Waals surface area contributed by atoms with Gasteiger partial charge in [-0.15, -0.1) is 11.8 Å². The van der Waals surface area contributed by atoms with E-state index in [1.807, 2.05) is 12.3 Å². The van der Waals surface area contributed by atoms with E-state index in [4.69, 9.17) is 21.1 Å². The largest absolute Gasteiger partial charge is 0.486 e. The fourth-order valence-corrected chi connectivity index (χ4v) is 3.40. The van der Waals surface area contributed by atoms with Crippen LogP contribution in [0.25, 0.3) is 0 Å². The first-order chi connectivity index (χ1) is 9.17. The Labute approximate surface area is 121 Å². The van der Waals surface area contributed by atoms with Crippen LogP contribution in [0, 0.1) is 0 Å². The van der Waals surface area contributed by atoms with Crippen molar-refractivity contribution in [2.75, 3.05) is 6.26 Å². The first-order valence-electron chi connectivity index (χ1n) is 6.37. The molecule has 5 heteroatoms. The summed E-state index contributed by atoms with van der Waals surface area (Å²) in [5.74, 6) is 0.736. The van der Waals surface area contributed by atoms with E-state index in [1.54, 1.807) is 23.9 Å². The highest BCUT2D eigenvalue weighted by Crippen LogP contribution is 2.38. The van der Waals surface area contributed by atoms with Crippen molar-refractivity contribution in [2.45, 2.75) is 42.5 Å². The number of thioether (sulfide) groups is 1. The quantitative estimate of drug-likeness (QED) is 0.630. The summed E-state index contributed by atoms with van der Waals surface area (Å²) in [4.78, 5) is 12.3. The molecule has 3 atom stereocenters. The second kappa shape index (κ2) is 5.35. The molecule has 0 radical (unpaired) electrons.